The van der Waals surface area contributed by atoms with E-state index in [1.807, 2.05) is 36.4 Å². The molecule has 10 heteroatoms. The van der Waals surface area contributed by atoms with Gasteiger partial charge in [-0.15, -0.1) is 0 Å². The average molecular weight is 615 g/mol. The molecule has 1 amide bonds. The molecule has 1 fully saturated rings. The molecule has 3 aromatic carbocycles. The van der Waals surface area contributed by atoms with Crippen LogP contribution in [-0.4, -0.2) is 56.1 Å². The van der Waals surface area contributed by atoms with Gasteiger partial charge in [0.25, 0.3) is 5.91 Å². The van der Waals surface area contributed by atoms with E-state index in [0.717, 1.165) is 60.8 Å². The zero-order valence-corrected chi connectivity index (χ0v) is 25.2. The van der Waals surface area contributed by atoms with Gasteiger partial charge in [0.1, 0.15) is 5.75 Å². The van der Waals surface area contributed by atoms with E-state index in [9.17, 15) is 18.3 Å². The molecule has 1 aliphatic rings. The van der Waals surface area contributed by atoms with Crippen LogP contribution < -0.4 is 14.8 Å². The van der Waals surface area contributed by atoms with Gasteiger partial charge in [-0.2, -0.15) is 0 Å². The van der Waals surface area contributed by atoms with Gasteiger partial charge in [-0.25, -0.2) is 13.1 Å². The Balaban J connectivity index is 1.41. The van der Waals surface area contributed by atoms with Crippen LogP contribution in [0.4, 0.5) is 0 Å². The van der Waals surface area contributed by atoms with E-state index in [0.29, 0.717) is 23.9 Å². The first-order chi connectivity index (χ1) is 20.2. The Morgan fingerprint density at radius 3 is 2.45 bits per heavy atom. The Morgan fingerprint density at radius 2 is 1.74 bits per heavy atom. The zero-order chi connectivity index (χ0) is 30.0. The van der Waals surface area contributed by atoms with E-state index >= 15 is 0 Å². The van der Waals surface area contributed by atoms with Crippen molar-refractivity contribution in [3.8, 4) is 16.9 Å². The monoisotopic (exact) mass is 614 g/mol. The highest BCUT2D eigenvalue weighted by atomic mass is 35.5. The molecule has 0 aliphatic heterocycles. The Morgan fingerprint density at radius 1 is 1.00 bits per heavy atom. The molecule has 3 aromatic rings. The van der Waals surface area contributed by atoms with Gasteiger partial charge < -0.3 is 20.3 Å². The predicted molar refractivity (Wildman–Crippen MR) is 165 cm³/mol. The molecule has 4 rings (SSSR count). The molecule has 0 spiro atoms. The van der Waals surface area contributed by atoms with Crippen LogP contribution in [0.25, 0.3) is 11.1 Å². The van der Waals surface area contributed by atoms with Crippen LogP contribution in [-0.2, 0) is 16.4 Å². The van der Waals surface area contributed by atoms with Crippen molar-refractivity contribution in [3.63, 3.8) is 0 Å². The quantitative estimate of drug-likeness (QED) is 0.188. The summed E-state index contributed by atoms with van der Waals surface area (Å²) in [5.74, 6) is -0.717. The number of aliphatic hydroxyl groups is 2. The van der Waals surface area contributed by atoms with Crippen molar-refractivity contribution >= 4 is 27.5 Å². The van der Waals surface area contributed by atoms with Crippen LogP contribution in [0.2, 0.25) is 5.02 Å². The lowest BCUT2D eigenvalue weighted by Gasteiger charge is -2.24. The largest absolute Gasteiger partial charge is 0.490 e. The molecule has 0 aromatic heterocycles. The summed E-state index contributed by atoms with van der Waals surface area (Å²) >= 11 is 6.01. The van der Waals surface area contributed by atoms with Gasteiger partial charge in [0.15, 0.2) is 0 Å². The van der Waals surface area contributed by atoms with Gasteiger partial charge in [0.05, 0.1) is 23.5 Å². The second-order valence-electron chi connectivity index (χ2n) is 10.6. The first-order valence-electron chi connectivity index (χ1n) is 14.4. The molecule has 226 valence electrons. The number of hydrogen-bond acceptors (Lipinski definition) is 7. The number of carbonyl (C=O) groups excluding carboxylic acids is 1. The summed E-state index contributed by atoms with van der Waals surface area (Å²) in [6.07, 6.45) is 5.19. The van der Waals surface area contributed by atoms with Crippen LogP contribution in [0.5, 0.6) is 5.75 Å². The SMILES string of the molecule is O=C(NS(=O)(=O)CCCO)c1ccc(-c2ccc(CCNC[C@H](O)c3cccc(Cl)c3)cc2)cc1OC1CCCCC1. The topological polar surface area (TPSA) is 125 Å². The van der Waals surface area contributed by atoms with Crippen molar-refractivity contribution in [3.05, 3.63) is 88.4 Å². The Hall–Kier alpha value is -2.95. The van der Waals surface area contributed by atoms with E-state index < -0.39 is 22.0 Å². The number of benzene rings is 3. The van der Waals surface area contributed by atoms with E-state index in [-0.39, 0.29) is 30.4 Å². The highest BCUT2D eigenvalue weighted by molar-refractivity contribution is 7.90. The number of amides is 1. The summed E-state index contributed by atoms with van der Waals surface area (Å²) in [4.78, 5) is 13.0. The minimum absolute atomic E-state index is 0.0289. The minimum Gasteiger partial charge on any atom is -0.490 e. The second kappa shape index (κ2) is 15.5. The van der Waals surface area contributed by atoms with Crippen molar-refractivity contribution in [2.75, 3.05) is 25.4 Å². The van der Waals surface area contributed by atoms with Gasteiger partial charge in [-0.05, 0) is 91.6 Å². The molecule has 42 heavy (non-hydrogen) atoms. The number of carbonyl (C=O) groups is 1. The Labute approximate surface area is 253 Å². The van der Waals surface area contributed by atoms with Crippen LogP contribution in [0.3, 0.4) is 0 Å². The smallest absolute Gasteiger partial charge is 0.268 e. The number of aliphatic hydroxyl groups excluding tert-OH is 2. The van der Waals surface area contributed by atoms with E-state index in [1.165, 1.54) is 0 Å². The summed E-state index contributed by atoms with van der Waals surface area (Å²) in [5, 5.41) is 23.2. The Bertz CT molecular complexity index is 1430. The molecule has 0 heterocycles. The number of ether oxygens (including phenoxy) is 1. The molecule has 1 saturated carbocycles. The van der Waals surface area contributed by atoms with Gasteiger partial charge in [0.2, 0.25) is 10.0 Å². The Kier molecular flexibility index (Phi) is 11.8. The third-order valence-electron chi connectivity index (χ3n) is 7.34. The summed E-state index contributed by atoms with van der Waals surface area (Å²) in [6, 6.07) is 20.5. The molecular weight excluding hydrogens is 576 g/mol. The van der Waals surface area contributed by atoms with Gasteiger partial charge in [0, 0.05) is 18.2 Å². The third-order valence-corrected chi connectivity index (χ3v) is 8.90. The number of halogens is 1. The molecule has 0 unspecified atom stereocenters. The molecule has 0 radical (unpaired) electrons. The van der Waals surface area contributed by atoms with Crippen LogP contribution in [0.15, 0.2) is 66.7 Å². The minimum atomic E-state index is -3.88. The fourth-order valence-electron chi connectivity index (χ4n) is 5.02. The molecule has 1 aliphatic carbocycles. The van der Waals surface area contributed by atoms with Crippen LogP contribution in [0, 0.1) is 0 Å². The molecule has 8 nitrogen and oxygen atoms in total. The number of hydrogen-bond donors (Lipinski definition) is 4. The van der Waals surface area contributed by atoms with Crippen molar-refractivity contribution in [1.29, 1.82) is 0 Å². The third kappa shape index (κ3) is 9.54. The van der Waals surface area contributed by atoms with Gasteiger partial charge >= 0.3 is 0 Å². The number of nitrogens with one attached hydrogen (secondary N) is 2. The zero-order valence-electron chi connectivity index (χ0n) is 23.6. The van der Waals surface area contributed by atoms with E-state index in [1.54, 1.807) is 30.3 Å². The molecule has 1 atom stereocenters. The van der Waals surface area contributed by atoms with Gasteiger partial charge in [-0.3, -0.25) is 4.79 Å². The van der Waals surface area contributed by atoms with Gasteiger partial charge in [-0.1, -0.05) is 60.5 Å². The van der Waals surface area contributed by atoms with Crippen molar-refractivity contribution in [2.24, 2.45) is 0 Å². The highest BCUT2D eigenvalue weighted by Crippen LogP contribution is 2.31. The highest BCUT2D eigenvalue weighted by Gasteiger charge is 2.23. The maximum Gasteiger partial charge on any atom is 0.268 e. The molecule has 0 bridgehead atoms. The summed E-state index contributed by atoms with van der Waals surface area (Å²) in [7, 11) is -3.88. The van der Waals surface area contributed by atoms with Crippen molar-refractivity contribution < 1.29 is 28.2 Å². The maximum atomic E-state index is 13.0. The predicted octanol–water partition coefficient (Wildman–Crippen LogP) is 5.03. The van der Waals surface area contributed by atoms with Crippen molar-refractivity contribution in [2.45, 2.75) is 57.2 Å². The average Bonchev–Trinajstić information content (AvgIpc) is 2.99. The summed E-state index contributed by atoms with van der Waals surface area (Å²) in [5.41, 5.74) is 3.87. The lowest BCUT2D eigenvalue weighted by molar-refractivity contribution is 0.0969. The molecule has 0 saturated heterocycles. The molecular formula is C32H39ClN2O6S. The first kappa shape index (κ1) is 32.0. The molecule has 4 N–H and O–H groups in total. The standard InChI is InChI=1S/C32H39ClN2O6S/c33-27-7-4-6-26(20-27)30(37)22-34-17-16-23-10-12-24(13-11-23)25-14-15-29(32(38)35-42(39,40)19-5-18-36)31(21-25)41-28-8-2-1-3-9-28/h4,6-7,10-15,20-21,28,30,34,36-37H,1-3,5,8-9,16-19,22H2,(H,35,38)/t30-/m0/s1. The van der Waals surface area contributed by atoms with Crippen LogP contribution in [0.1, 0.15) is 66.1 Å². The normalized spacial score (nSPS) is 14.8. The van der Waals surface area contributed by atoms with Crippen LogP contribution >= 0.6 is 11.6 Å². The number of rotatable bonds is 14. The summed E-state index contributed by atoms with van der Waals surface area (Å²) in [6.45, 7) is 0.842. The fraction of sp³-hybridized carbons (Fsp3) is 0.406. The van der Waals surface area contributed by atoms with E-state index in [2.05, 4.69) is 10.0 Å². The van der Waals surface area contributed by atoms with E-state index in [4.69, 9.17) is 21.4 Å². The number of sulfonamides is 1. The lowest BCUT2D eigenvalue weighted by atomic mass is 9.97. The summed E-state index contributed by atoms with van der Waals surface area (Å²) < 4.78 is 33.0. The first-order valence-corrected chi connectivity index (χ1v) is 16.5. The fourth-order valence-corrected chi connectivity index (χ4v) is 6.22. The lowest BCUT2D eigenvalue weighted by Crippen LogP contribution is -2.33. The van der Waals surface area contributed by atoms with Crippen molar-refractivity contribution in [1.82, 2.24) is 10.0 Å². The maximum absolute atomic E-state index is 13.0. The second-order valence-corrected chi connectivity index (χ2v) is 12.9.